The van der Waals surface area contributed by atoms with Crippen LogP contribution >= 0.6 is 0 Å². The van der Waals surface area contributed by atoms with Crippen LogP contribution in [0.4, 0.5) is 0 Å². The van der Waals surface area contributed by atoms with Crippen LogP contribution in [-0.2, 0) is 11.3 Å². The minimum atomic E-state index is 0.162. The number of hydrogen-bond donors (Lipinski definition) is 1. The molecule has 0 unspecified atom stereocenters. The van der Waals surface area contributed by atoms with E-state index in [4.69, 9.17) is 9.47 Å². The Morgan fingerprint density at radius 2 is 2.00 bits per heavy atom. The third kappa shape index (κ3) is 3.40. The van der Waals surface area contributed by atoms with Crippen LogP contribution in [0.1, 0.15) is 31.2 Å². The van der Waals surface area contributed by atoms with Crippen LogP contribution in [0.5, 0.6) is 11.5 Å². The molecule has 1 aromatic rings. The third-order valence-corrected chi connectivity index (χ3v) is 3.67. The van der Waals surface area contributed by atoms with Crippen molar-refractivity contribution in [3.63, 3.8) is 0 Å². The van der Waals surface area contributed by atoms with Crippen molar-refractivity contribution in [3.05, 3.63) is 23.8 Å². The van der Waals surface area contributed by atoms with Gasteiger partial charge in [0.05, 0.1) is 14.2 Å². The molecular weight excluding hydrogens is 242 g/mol. The molecule has 0 bridgehead atoms. The summed E-state index contributed by atoms with van der Waals surface area (Å²) in [6, 6.07) is 5.63. The maximum absolute atomic E-state index is 12.0. The van der Waals surface area contributed by atoms with Gasteiger partial charge in [-0.05, 0) is 25.0 Å². The summed E-state index contributed by atoms with van der Waals surface area (Å²) in [5.41, 5.74) is 0.967. The van der Waals surface area contributed by atoms with Crippen molar-refractivity contribution in [2.24, 2.45) is 5.92 Å². The number of carbonyl (C=O) groups is 1. The molecule has 0 aliphatic heterocycles. The molecule has 19 heavy (non-hydrogen) atoms. The Kier molecular flexibility index (Phi) is 4.66. The molecule has 1 aliphatic rings. The van der Waals surface area contributed by atoms with Gasteiger partial charge in [-0.2, -0.15) is 0 Å². The van der Waals surface area contributed by atoms with E-state index in [9.17, 15) is 4.79 Å². The zero-order valence-corrected chi connectivity index (χ0v) is 11.6. The molecule has 104 valence electrons. The van der Waals surface area contributed by atoms with Gasteiger partial charge in [0.25, 0.3) is 0 Å². The van der Waals surface area contributed by atoms with Gasteiger partial charge in [0.15, 0.2) is 0 Å². The molecule has 1 aromatic carbocycles. The van der Waals surface area contributed by atoms with Gasteiger partial charge in [-0.25, -0.2) is 0 Å². The summed E-state index contributed by atoms with van der Waals surface area (Å²) in [7, 11) is 3.24. The summed E-state index contributed by atoms with van der Waals surface area (Å²) in [5, 5.41) is 2.99. The number of rotatable bonds is 5. The Hall–Kier alpha value is -1.71. The fourth-order valence-corrected chi connectivity index (χ4v) is 2.51. The lowest BCUT2D eigenvalue weighted by Crippen LogP contribution is -2.28. The van der Waals surface area contributed by atoms with Crippen molar-refractivity contribution < 1.29 is 14.3 Å². The zero-order chi connectivity index (χ0) is 13.7. The molecule has 0 aromatic heterocycles. The molecule has 0 saturated heterocycles. The number of methoxy groups -OCH3 is 2. The van der Waals surface area contributed by atoms with Crippen LogP contribution < -0.4 is 14.8 Å². The number of nitrogens with one attached hydrogen (secondary N) is 1. The first-order valence-electron chi connectivity index (χ1n) is 6.73. The molecule has 2 rings (SSSR count). The van der Waals surface area contributed by atoms with Gasteiger partial charge >= 0.3 is 0 Å². The minimum Gasteiger partial charge on any atom is -0.497 e. The van der Waals surface area contributed by atoms with E-state index in [0.29, 0.717) is 6.54 Å². The number of carbonyl (C=O) groups excluding carboxylic acids is 1. The molecule has 0 atom stereocenters. The van der Waals surface area contributed by atoms with Crippen molar-refractivity contribution in [1.82, 2.24) is 5.32 Å². The maximum Gasteiger partial charge on any atom is 0.223 e. The molecular formula is C15H21NO3. The van der Waals surface area contributed by atoms with Crippen LogP contribution in [0.25, 0.3) is 0 Å². The van der Waals surface area contributed by atoms with Crippen molar-refractivity contribution in [3.8, 4) is 11.5 Å². The summed E-state index contributed by atoms with van der Waals surface area (Å²) in [5.74, 6) is 1.86. The first kappa shape index (κ1) is 13.7. The molecule has 4 heteroatoms. The fraction of sp³-hybridized carbons (Fsp3) is 0.533. The van der Waals surface area contributed by atoms with Crippen LogP contribution in [0.15, 0.2) is 18.2 Å². The van der Waals surface area contributed by atoms with Gasteiger partial charge < -0.3 is 14.8 Å². The number of amides is 1. The van der Waals surface area contributed by atoms with Gasteiger partial charge in [0.1, 0.15) is 11.5 Å². The van der Waals surface area contributed by atoms with E-state index < -0.39 is 0 Å². The van der Waals surface area contributed by atoms with Crippen molar-refractivity contribution in [1.29, 1.82) is 0 Å². The lowest BCUT2D eigenvalue weighted by molar-refractivity contribution is -0.124. The van der Waals surface area contributed by atoms with E-state index in [1.54, 1.807) is 14.2 Å². The lowest BCUT2D eigenvalue weighted by atomic mass is 10.1. The first-order chi connectivity index (χ1) is 9.24. The lowest BCUT2D eigenvalue weighted by Gasteiger charge is -2.13. The highest BCUT2D eigenvalue weighted by atomic mass is 16.5. The average molecular weight is 263 g/mol. The Morgan fingerprint density at radius 1 is 1.26 bits per heavy atom. The number of ether oxygens (including phenoxy) is 2. The molecule has 0 radical (unpaired) electrons. The highest BCUT2D eigenvalue weighted by Gasteiger charge is 2.22. The second-order valence-corrected chi connectivity index (χ2v) is 4.88. The van der Waals surface area contributed by atoms with Gasteiger partial charge in [0.2, 0.25) is 5.91 Å². The van der Waals surface area contributed by atoms with Crippen molar-refractivity contribution in [2.45, 2.75) is 32.2 Å². The minimum absolute atomic E-state index is 0.162. The summed E-state index contributed by atoms with van der Waals surface area (Å²) in [4.78, 5) is 12.0. The monoisotopic (exact) mass is 263 g/mol. The van der Waals surface area contributed by atoms with Crippen LogP contribution in [0, 0.1) is 5.92 Å². The highest BCUT2D eigenvalue weighted by molar-refractivity contribution is 5.78. The molecule has 1 aliphatic carbocycles. The topological polar surface area (TPSA) is 47.6 Å². The van der Waals surface area contributed by atoms with Gasteiger partial charge in [-0.1, -0.05) is 12.8 Å². The standard InChI is InChI=1S/C15H21NO3/c1-18-13-8-7-12(14(9-13)19-2)10-16-15(17)11-5-3-4-6-11/h7-9,11H,3-6,10H2,1-2H3,(H,16,17). The summed E-state index contributed by atoms with van der Waals surface area (Å²) in [6.45, 7) is 0.502. The van der Waals surface area contributed by atoms with E-state index in [1.165, 1.54) is 12.8 Å². The molecule has 1 N–H and O–H groups in total. The Labute approximate surface area is 114 Å². The van der Waals surface area contributed by atoms with Gasteiger partial charge in [-0.15, -0.1) is 0 Å². The number of hydrogen-bond acceptors (Lipinski definition) is 3. The van der Waals surface area contributed by atoms with Crippen LogP contribution in [-0.4, -0.2) is 20.1 Å². The van der Waals surface area contributed by atoms with E-state index in [2.05, 4.69) is 5.32 Å². The predicted octanol–water partition coefficient (Wildman–Crippen LogP) is 2.51. The van der Waals surface area contributed by atoms with E-state index in [0.717, 1.165) is 29.9 Å². The maximum atomic E-state index is 12.0. The summed E-state index contributed by atoms with van der Waals surface area (Å²) >= 11 is 0. The zero-order valence-electron chi connectivity index (χ0n) is 11.6. The molecule has 4 nitrogen and oxygen atoms in total. The van der Waals surface area contributed by atoms with Crippen LogP contribution in [0.2, 0.25) is 0 Å². The van der Waals surface area contributed by atoms with Gasteiger partial charge in [0, 0.05) is 24.1 Å². The number of benzene rings is 1. The molecule has 1 saturated carbocycles. The van der Waals surface area contributed by atoms with Crippen molar-refractivity contribution >= 4 is 5.91 Å². The van der Waals surface area contributed by atoms with E-state index in [1.807, 2.05) is 18.2 Å². The third-order valence-electron chi connectivity index (χ3n) is 3.67. The van der Waals surface area contributed by atoms with E-state index >= 15 is 0 Å². The smallest absolute Gasteiger partial charge is 0.223 e. The first-order valence-corrected chi connectivity index (χ1v) is 6.73. The SMILES string of the molecule is COc1ccc(CNC(=O)C2CCCC2)c(OC)c1. The summed E-state index contributed by atoms with van der Waals surface area (Å²) < 4.78 is 10.5. The average Bonchev–Trinajstić information content (AvgIpc) is 2.98. The summed E-state index contributed by atoms with van der Waals surface area (Å²) in [6.07, 6.45) is 4.38. The van der Waals surface area contributed by atoms with E-state index in [-0.39, 0.29) is 11.8 Å². The molecule has 0 spiro atoms. The molecule has 1 amide bonds. The molecule has 0 heterocycles. The predicted molar refractivity (Wildman–Crippen MR) is 73.4 cm³/mol. The quantitative estimate of drug-likeness (QED) is 0.888. The Morgan fingerprint density at radius 3 is 2.63 bits per heavy atom. The second-order valence-electron chi connectivity index (χ2n) is 4.88. The Bertz CT molecular complexity index is 439. The van der Waals surface area contributed by atoms with Crippen LogP contribution in [0.3, 0.4) is 0 Å². The second kappa shape index (κ2) is 6.45. The fourth-order valence-electron chi connectivity index (χ4n) is 2.51. The van der Waals surface area contributed by atoms with Gasteiger partial charge in [-0.3, -0.25) is 4.79 Å². The highest BCUT2D eigenvalue weighted by Crippen LogP contribution is 2.26. The largest absolute Gasteiger partial charge is 0.497 e. The Balaban J connectivity index is 1.96. The normalized spacial score (nSPS) is 15.3. The van der Waals surface area contributed by atoms with Crippen molar-refractivity contribution in [2.75, 3.05) is 14.2 Å². The molecule has 1 fully saturated rings.